The van der Waals surface area contributed by atoms with Crippen molar-refractivity contribution in [2.45, 2.75) is 13.3 Å². The van der Waals surface area contributed by atoms with E-state index in [-0.39, 0.29) is 18.3 Å². The van der Waals surface area contributed by atoms with Crippen molar-refractivity contribution in [3.63, 3.8) is 0 Å². The quantitative estimate of drug-likeness (QED) is 0.470. The first kappa shape index (κ1) is 18.7. The molecule has 144 valence electrons. The van der Waals surface area contributed by atoms with Gasteiger partial charge in [0.1, 0.15) is 0 Å². The van der Waals surface area contributed by atoms with Crippen LogP contribution in [0, 0.1) is 0 Å². The summed E-state index contributed by atoms with van der Waals surface area (Å²) in [5, 5.41) is 0. The lowest BCUT2D eigenvalue weighted by atomic mass is 9.97. The van der Waals surface area contributed by atoms with Crippen molar-refractivity contribution in [2.24, 2.45) is 0 Å². The topological polar surface area (TPSA) is 46.6 Å². The van der Waals surface area contributed by atoms with Crippen LogP contribution in [-0.2, 0) is 20.7 Å². The Hall–Kier alpha value is -3.66. The zero-order valence-corrected chi connectivity index (χ0v) is 16.4. The van der Waals surface area contributed by atoms with Gasteiger partial charge in [-0.15, -0.1) is 0 Å². The number of allylic oxidation sites excluding steroid dienone is 1. The van der Waals surface area contributed by atoms with E-state index >= 15 is 0 Å². The largest absolute Gasteiger partial charge is 0.469 e. The van der Waals surface area contributed by atoms with Crippen LogP contribution in [0.3, 0.4) is 0 Å². The van der Waals surface area contributed by atoms with Gasteiger partial charge < -0.3 is 4.74 Å². The summed E-state index contributed by atoms with van der Waals surface area (Å²) in [6, 6.07) is 25.2. The lowest BCUT2D eigenvalue weighted by molar-refractivity contribution is -0.139. The van der Waals surface area contributed by atoms with Gasteiger partial charge in [0, 0.05) is 11.3 Å². The molecule has 0 fully saturated rings. The smallest absolute Gasteiger partial charge is 0.309 e. The van der Waals surface area contributed by atoms with Crippen LogP contribution in [0.25, 0.3) is 11.1 Å². The first-order chi connectivity index (χ1) is 14.1. The summed E-state index contributed by atoms with van der Waals surface area (Å²) < 4.78 is 4.77. The summed E-state index contributed by atoms with van der Waals surface area (Å²) in [6.45, 7) is 1.98. The highest BCUT2D eigenvalue weighted by molar-refractivity contribution is 6.39. The van der Waals surface area contributed by atoms with Crippen LogP contribution >= 0.6 is 0 Å². The van der Waals surface area contributed by atoms with Gasteiger partial charge in [0.2, 0.25) is 0 Å². The Balaban J connectivity index is 1.82. The van der Waals surface area contributed by atoms with E-state index in [1.165, 1.54) is 7.11 Å². The van der Waals surface area contributed by atoms with Gasteiger partial charge in [-0.3, -0.25) is 14.5 Å². The van der Waals surface area contributed by atoms with Crippen molar-refractivity contribution in [2.75, 3.05) is 12.0 Å². The van der Waals surface area contributed by atoms with E-state index in [0.717, 1.165) is 33.6 Å². The van der Waals surface area contributed by atoms with Crippen molar-refractivity contribution in [1.82, 2.24) is 0 Å². The van der Waals surface area contributed by atoms with Crippen LogP contribution < -0.4 is 4.90 Å². The summed E-state index contributed by atoms with van der Waals surface area (Å²) in [5.74, 6) is -0.376. The summed E-state index contributed by atoms with van der Waals surface area (Å²) in [7, 11) is 1.37. The fourth-order valence-electron chi connectivity index (χ4n) is 3.71. The second-order valence-corrected chi connectivity index (χ2v) is 6.95. The number of ether oxygens (including phenoxy) is 1. The normalized spacial score (nSPS) is 14.6. The molecule has 4 nitrogen and oxygen atoms in total. The number of fused-ring (bicyclic) bond motifs is 1. The van der Waals surface area contributed by atoms with Crippen molar-refractivity contribution >= 4 is 34.4 Å². The standard InChI is InChI=1S/C25H21NO3/c1-17(19-10-4-3-5-11-19)24-21-13-6-7-14-22(21)26(25(24)28)20-12-8-9-18(15-20)16-23(27)29-2/h3-15H,16H2,1-2H3/b24-17+. The summed E-state index contributed by atoms with van der Waals surface area (Å²) in [6.07, 6.45) is 0.166. The van der Waals surface area contributed by atoms with Crippen molar-refractivity contribution in [3.05, 3.63) is 95.6 Å². The first-order valence-electron chi connectivity index (χ1n) is 9.46. The van der Waals surface area contributed by atoms with Crippen LogP contribution in [0.4, 0.5) is 11.4 Å². The molecule has 0 N–H and O–H groups in total. The molecule has 4 rings (SSSR count). The number of amides is 1. The highest BCUT2D eigenvalue weighted by atomic mass is 16.5. The Morgan fingerprint density at radius 1 is 0.931 bits per heavy atom. The second-order valence-electron chi connectivity index (χ2n) is 6.95. The maximum Gasteiger partial charge on any atom is 0.309 e. The van der Waals surface area contributed by atoms with Crippen molar-refractivity contribution < 1.29 is 14.3 Å². The minimum absolute atomic E-state index is 0.0669. The third-order valence-electron chi connectivity index (χ3n) is 5.16. The van der Waals surface area contributed by atoms with Crippen molar-refractivity contribution in [1.29, 1.82) is 0 Å². The fourth-order valence-corrected chi connectivity index (χ4v) is 3.71. The number of methoxy groups -OCH3 is 1. The van der Waals surface area contributed by atoms with Gasteiger partial charge in [-0.2, -0.15) is 0 Å². The third kappa shape index (κ3) is 3.45. The first-order valence-corrected chi connectivity index (χ1v) is 9.46. The summed E-state index contributed by atoms with van der Waals surface area (Å²) in [5.41, 5.74) is 5.96. The number of nitrogens with zero attached hydrogens (tertiary/aromatic N) is 1. The number of esters is 1. The Morgan fingerprint density at radius 2 is 1.66 bits per heavy atom. The molecule has 1 heterocycles. The molecule has 0 saturated heterocycles. The van der Waals surface area contributed by atoms with Crippen LogP contribution in [0.1, 0.15) is 23.6 Å². The van der Waals surface area contributed by atoms with Gasteiger partial charge in [-0.25, -0.2) is 0 Å². The number of carbonyl (C=O) groups is 2. The molecule has 0 aliphatic carbocycles. The van der Waals surface area contributed by atoms with Crippen LogP contribution in [0.5, 0.6) is 0 Å². The van der Waals surface area contributed by atoms with Gasteiger partial charge in [0.15, 0.2) is 0 Å². The lowest BCUT2D eigenvalue weighted by Crippen LogP contribution is -2.21. The number of anilines is 2. The number of carbonyl (C=O) groups excluding carboxylic acids is 2. The minimum Gasteiger partial charge on any atom is -0.469 e. The highest BCUT2D eigenvalue weighted by Gasteiger charge is 2.34. The number of rotatable bonds is 4. The van der Waals surface area contributed by atoms with Crippen LogP contribution in [-0.4, -0.2) is 19.0 Å². The van der Waals surface area contributed by atoms with Gasteiger partial charge in [0.05, 0.1) is 24.8 Å². The molecule has 0 atom stereocenters. The van der Waals surface area contributed by atoms with E-state index in [1.54, 1.807) is 4.90 Å². The monoisotopic (exact) mass is 383 g/mol. The Bertz CT molecular complexity index is 1120. The van der Waals surface area contributed by atoms with E-state index in [1.807, 2.05) is 85.8 Å². The zero-order chi connectivity index (χ0) is 20.4. The van der Waals surface area contributed by atoms with Crippen molar-refractivity contribution in [3.8, 4) is 0 Å². The highest BCUT2D eigenvalue weighted by Crippen LogP contribution is 2.44. The molecule has 4 heteroatoms. The molecular formula is C25H21NO3. The van der Waals surface area contributed by atoms with Gasteiger partial charge in [-0.1, -0.05) is 60.7 Å². The second kappa shape index (κ2) is 7.76. The maximum atomic E-state index is 13.5. The molecule has 1 amide bonds. The van der Waals surface area contributed by atoms with E-state index in [9.17, 15) is 9.59 Å². The van der Waals surface area contributed by atoms with Gasteiger partial charge in [0.25, 0.3) is 5.91 Å². The predicted octanol–water partition coefficient (Wildman–Crippen LogP) is 5.01. The zero-order valence-electron chi connectivity index (χ0n) is 16.4. The van der Waals surface area contributed by atoms with Gasteiger partial charge >= 0.3 is 5.97 Å². The van der Waals surface area contributed by atoms with E-state index in [4.69, 9.17) is 4.74 Å². The van der Waals surface area contributed by atoms with E-state index in [0.29, 0.717) is 5.57 Å². The molecule has 3 aromatic carbocycles. The fraction of sp³-hybridized carbons (Fsp3) is 0.120. The molecule has 0 bridgehead atoms. The van der Waals surface area contributed by atoms with E-state index in [2.05, 4.69) is 0 Å². The minimum atomic E-state index is -0.309. The van der Waals surface area contributed by atoms with E-state index < -0.39 is 0 Å². The summed E-state index contributed by atoms with van der Waals surface area (Å²) in [4.78, 5) is 26.9. The predicted molar refractivity (Wildman–Crippen MR) is 115 cm³/mol. The Kier molecular flexibility index (Phi) is 5.00. The molecular weight excluding hydrogens is 362 g/mol. The Labute approximate surface area is 170 Å². The summed E-state index contributed by atoms with van der Waals surface area (Å²) >= 11 is 0. The molecule has 0 radical (unpaired) electrons. The molecule has 0 spiro atoms. The van der Waals surface area contributed by atoms with Crippen LogP contribution in [0.2, 0.25) is 0 Å². The number of para-hydroxylation sites is 1. The Morgan fingerprint density at radius 3 is 2.41 bits per heavy atom. The number of hydrogen-bond acceptors (Lipinski definition) is 3. The molecule has 0 aromatic heterocycles. The average molecular weight is 383 g/mol. The molecule has 29 heavy (non-hydrogen) atoms. The molecule has 0 saturated carbocycles. The molecule has 1 aliphatic heterocycles. The lowest BCUT2D eigenvalue weighted by Gasteiger charge is -2.18. The third-order valence-corrected chi connectivity index (χ3v) is 5.16. The SMILES string of the molecule is COC(=O)Cc1cccc(N2C(=O)/C(=C(\C)c3ccccc3)c3ccccc32)c1. The molecule has 0 unspecified atom stereocenters. The average Bonchev–Trinajstić information content (AvgIpc) is 3.05. The molecule has 3 aromatic rings. The van der Waals surface area contributed by atoms with Crippen LogP contribution in [0.15, 0.2) is 78.9 Å². The molecule has 1 aliphatic rings. The maximum absolute atomic E-state index is 13.5. The number of benzene rings is 3. The van der Waals surface area contributed by atoms with Gasteiger partial charge in [-0.05, 0) is 41.8 Å². The number of hydrogen-bond donors (Lipinski definition) is 0.